The molecule has 3 rings (SSSR count). The topological polar surface area (TPSA) is 88.6 Å². The molecule has 2 aromatic rings. The third-order valence-electron chi connectivity index (χ3n) is 4.48. The molecular weight excluding hydrogens is 386 g/mol. The Morgan fingerprint density at radius 3 is 2.74 bits per heavy atom. The van der Waals surface area contributed by atoms with Gasteiger partial charge in [0.05, 0.1) is 30.0 Å². The molecule has 0 bridgehead atoms. The summed E-state index contributed by atoms with van der Waals surface area (Å²) in [6.45, 7) is 0.620. The monoisotopic (exact) mass is 409 g/mol. The first-order chi connectivity index (χ1) is 12.8. The molecule has 2 atom stereocenters. The zero-order chi connectivity index (χ0) is 19.4. The number of nitrogens with zero attached hydrogens (tertiary/aromatic N) is 2. The first-order valence-electron chi connectivity index (χ1n) is 8.62. The fraction of sp³-hybridized carbons (Fsp3) is 0.444. The van der Waals surface area contributed by atoms with Crippen LogP contribution in [-0.4, -0.2) is 62.7 Å². The number of ether oxygens (including phenoxy) is 1. The van der Waals surface area contributed by atoms with Crippen molar-refractivity contribution in [2.75, 3.05) is 33.1 Å². The van der Waals surface area contributed by atoms with Crippen molar-refractivity contribution < 1.29 is 17.9 Å². The van der Waals surface area contributed by atoms with Crippen LogP contribution in [0.15, 0.2) is 35.7 Å². The lowest BCUT2D eigenvalue weighted by Crippen LogP contribution is -2.43. The Hall–Kier alpha value is -1.81. The Balaban J connectivity index is 1.61. The molecule has 1 saturated heterocycles. The number of carbonyl (C=O) groups is 1. The fourth-order valence-corrected chi connectivity index (χ4v) is 4.83. The first kappa shape index (κ1) is 19.9. The summed E-state index contributed by atoms with van der Waals surface area (Å²) in [6.07, 6.45) is 0.676. The Kier molecular flexibility index (Phi) is 6.25. The maximum atomic E-state index is 12.5. The number of carbonyl (C=O) groups excluding carboxylic acids is 1. The summed E-state index contributed by atoms with van der Waals surface area (Å²) in [6, 6.07) is 9.60. The number of aromatic nitrogens is 1. The molecule has 7 nitrogen and oxygen atoms in total. The van der Waals surface area contributed by atoms with Gasteiger partial charge in [-0.3, -0.25) is 4.79 Å². The maximum absolute atomic E-state index is 12.5. The molecule has 1 aliphatic heterocycles. The highest BCUT2D eigenvalue weighted by Gasteiger charge is 2.34. The number of thiazole rings is 1. The number of amides is 1. The van der Waals surface area contributed by atoms with Crippen molar-refractivity contribution in [1.82, 2.24) is 14.6 Å². The van der Waals surface area contributed by atoms with E-state index in [-0.39, 0.29) is 23.6 Å². The molecule has 0 spiro atoms. The molecule has 0 unspecified atom stereocenters. The van der Waals surface area contributed by atoms with Crippen LogP contribution in [0.1, 0.15) is 21.1 Å². The Bertz CT molecular complexity index is 881. The van der Waals surface area contributed by atoms with E-state index < -0.39 is 10.0 Å². The smallest absolute Gasteiger partial charge is 0.271 e. The van der Waals surface area contributed by atoms with Crippen LogP contribution < -0.4 is 5.32 Å². The number of hydrogen-bond donors (Lipinski definition) is 1. The molecule has 0 radical (unpaired) electrons. The molecule has 1 aromatic carbocycles. The van der Waals surface area contributed by atoms with Crippen molar-refractivity contribution in [3.05, 3.63) is 52.0 Å². The Morgan fingerprint density at radius 2 is 2.04 bits per heavy atom. The lowest BCUT2D eigenvalue weighted by molar-refractivity contribution is 0.0921. The van der Waals surface area contributed by atoms with Crippen LogP contribution in [0, 0.1) is 5.92 Å². The predicted octanol–water partition coefficient (Wildman–Crippen LogP) is 1.37. The van der Waals surface area contributed by atoms with E-state index in [9.17, 15) is 13.2 Å². The second-order valence-corrected chi connectivity index (χ2v) is 9.90. The van der Waals surface area contributed by atoms with Gasteiger partial charge in [-0.05, 0) is 5.56 Å². The zero-order valence-corrected chi connectivity index (χ0v) is 16.9. The minimum atomic E-state index is -3.36. The van der Waals surface area contributed by atoms with Crippen molar-refractivity contribution in [1.29, 1.82) is 0 Å². The van der Waals surface area contributed by atoms with E-state index in [2.05, 4.69) is 10.3 Å². The van der Waals surface area contributed by atoms with Crippen LogP contribution >= 0.6 is 11.3 Å². The van der Waals surface area contributed by atoms with Crippen molar-refractivity contribution in [3.8, 4) is 0 Å². The lowest BCUT2D eigenvalue weighted by Gasteiger charge is -2.20. The molecule has 146 valence electrons. The second-order valence-electron chi connectivity index (χ2n) is 6.73. The van der Waals surface area contributed by atoms with E-state index in [1.807, 2.05) is 30.3 Å². The van der Waals surface area contributed by atoms with Gasteiger partial charge in [-0.25, -0.2) is 17.7 Å². The molecule has 1 fully saturated rings. The van der Waals surface area contributed by atoms with Gasteiger partial charge in [-0.15, -0.1) is 11.3 Å². The van der Waals surface area contributed by atoms with Gasteiger partial charge in [0, 0.05) is 31.8 Å². The van der Waals surface area contributed by atoms with Crippen molar-refractivity contribution >= 4 is 27.3 Å². The summed E-state index contributed by atoms with van der Waals surface area (Å²) in [7, 11) is -0.352. The average molecular weight is 410 g/mol. The first-order valence-corrected chi connectivity index (χ1v) is 11.1. The minimum absolute atomic E-state index is 0.0543. The third-order valence-corrected chi connectivity index (χ3v) is 7.29. The summed E-state index contributed by atoms with van der Waals surface area (Å²) in [5.41, 5.74) is 1.49. The zero-order valence-electron chi connectivity index (χ0n) is 15.3. The SMILES string of the molecule is CN(C)S(=O)(=O)C[C@@H]1COC[C@@H]1NC(=O)c1csc(Cc2ccccc2)n1. The van der Waals surface area contributed by atoms with Crippen LogP contribution in [0.3, 0.4) is 0 Å². The van der Waals surface area contributed by atoms with Crippen LogP contribution in [0.25, 0.3) is 0 Å². The number of sulfonamides is 1. The van der Waals surface area contributed by atoms with E-state index in [4.69, 9.17) is 4.74 Å². The van der Waals surface area contributed by atoms with Gasteiger partial charge in [-0.2, -0.15) is 0 Å². The molecule has 2 heterocycles. The summed E-state index contributed by atoms with van der Waals surface area (Å²) in [5.74, 6) is -0.626. The van der Waals surface area contributed by atoms with Crippen molar-refractivity contribution in [2.45, 2.75) is 12.5 Å². The summed E-state index contributed by atoms with van der Waals surface area (Å²) in [5, 5.41) is 5.47. The summed E-state index contributed by atoms with van der Waals surface area (Å²) >= 11 is 1.44. The van der Waals surface area contributed by atoms with Gasteiger partial charge in [0.25, 0.3) is 5.91 Å². The van der Waals surface area contributed by atoms with Gasteiger partial charge in [0.1, 0.15) is 5.69 Å². The lowest BCUT2D eigenvalue weighted by atomic mass is 10.1. The van der Waals surface area contributed by atoms with E-state index >= 15 is 0 Å². The minimum Gasteiger partial charge on any atom is -0.379 e. The number of rotatable bonds is 7. The number of benzene rings is 1. The normalized spacial score (nSPS) is 20.1. The second kappa shape index (κ2) is 8.47. The van der Waals surface area contributed by atoms with Crippen molar-refractivity contribution in [2.24, 2.45) is 5.92 Å². The van der Waals surface area contributed by atoms with Crippen molar-refractivity contribution in [3.63, 3.8) is 0 Å². The molecule has 1 aromatic heterocycles. The van der Waals surface area contributed by atoms with E-state index in [1.165, 1.54) is 29.7 Å². The van der Waals surface area contributed by atoms with Gasteiger partial charge in [-0.1, -0.05) is 30.3 Å². The van der Waals surface area contributed by atoms with Gasteiger partial charge < -0.3 is 10.1 Å². The highest BCUT2D eigenvalue weighted by Crippen LogP contribution is 2.19. The van der Waals surface area contributed by atoms with Crippen LogP contribution in [0.4, 0.5) is 0 Å². The average Bonchev–Trinajstić information content (AvgIpc) is 3.25. The van der Waals surface area contributed by atoms with Gasteiger partial charge >= 0.3 is 0 Å². The van der Waals surface area contributed by atoms with Crippen LogP contribution in [0.2, 0.25) is 0 Å². The molecular formula is C18H23N3O4S2. The molecule has 0 saturated carbocycles. The number of nitrogens with one attached hydrogen (secondary N) is 1. The van der Waals surface area contributed by atoms with Crippen LogP contribution in [0.5, 0.6) is 0 Å². The van der Waals surface area contributed by atoms with E-state index in [0.29, 0.717) is 25.3 Å². The van der Waals surface area contributed by atoms with Gasteiger partial charge in [0.15, 0.2) is 0 Å². The molecule has 1 aliphatic rings. The van der Waals surface area contributed by atoms with E-state index in [0.717, 1.165) is 10.6 Å². The largest absolute Gasteiger partial charge is 0.379 e. The third kappa shape index (κ3) is 5.13. The molecule has 1 amide bonds. The maximum Gasteiger partial charge on any atom is 0.271 e. The molecule has 9 heteroatoms. The standard InChI is InChI=1S/C18H23N3O4S2/c1-21(2)27(23,24)12-14-9-25-10-15(14)20-18(22)16-11-26-17(19-16)8-13-6-4-3-5-7-13/h3-7,11,14-15H,8-10,12H2,1-2H3,(H,20,22)/t14-,15-/m0/s1. The highest BCUT2D eigenvalue weighted by molar-refractivity contribution is 7.89. The highest BCUT2D eigenvalue weighted by atomic mass is 32.2. The summed E-state index contributed by atoms with van der Waals surface area (Å²) in [4.78, 5) is 16.9. The summed E-state index contributed by atoms with van der Waals surface area (Å²) < 4.78 is 30.8. The number of hydrogen-bond acceptors (Lipinski definition) is 6. The predicted molar refractivity (Wildman–Crippen MR) is 104 cm³/mol. The Labute approximate surface area is 163 Å². The van der Waals surface area contributed by atoms with Crippen LogP contribution in [-0.2, 0) is 21.2 Å². The van der Waals surface area contributed by atoms with E-state index in [1.54, 1.807) is 5.38 Å². The molecule has 0 aliphatic carbocycles. The Morgan fingerprint density at radius 1 is 1.30 bits per heavy atom. The fourth-order valence-electron chi connectivity index (χ4n) is 2.85. The molecule has 27 heavy (non-hydrogen) atoms. The quantitative estimate of drug-likeness (QED) is 0.746. The van der Waals surface area contributed by atoms with Gasteiger partial charge in [0.2, 0.25) is 10.0 Å². The molecule has 1 N–H and O–H groups in total.